The van der Waals surface area contributed by atoms with Crippen LogP contribution in [0, 0.1) is 6.92 Å². The Morgan fingerprint density at radius 2 is 2.12 bits per heavy atom. The lowest BCUT2D eigenvalue weighted by atomic mass is 10.4. The summed E-state index contributed by atoms with van der Waals surface area (Å²) in [5.74, 6) is 0.480. The Morgan fingerprint density at radius 3 is 2.75 bits per heavy atom. The summed E-state index contributed by atoms with van der Waals surface area (Å²) in [4.78, 5) is 4.08. The van der Waals surface area contributed by atoms with E-state index in [9.17, 15) is 8.42 Å². The zero-order valence-electron chi connectivity index (χ0n) is 9.53. The maximum Gasteiger partial charge on any atom is 0.233 e. The lowest BCUT2D eigenvalue weighted by Gasteiger charge is -2.07. The normalized spacial score (nSPS) is 11.4. The Hall–Kier alpha value is -1.14. The van der Waals surface area contributed by atoms with E-state index in [2.05, 4.69) is 15.0 Å². The monoisotopic (exact) mass is 243 g/mol. The fourth-order valence-electron chi connectivity index (χ4n) is 1.25. The second-order valence-electron chi connectivity index (χ2n) is 3.54. The number of nitrogens with one attached hydrogen (secondary N) is 2. The molecule has 90 valence electrons. The second-order valence-corrected chi connectivity index (χ2v) is 5.38. The molecule has 0 saturated carbocycles. The number of nitrogens with zero attached hydrogens (tertiary/aromatic N) is 1. The lowest BCUT2D eigenvalue weighted by Crippen LogP contribution is -2.20. The number of rotatable bonds is 6. The molecule has 2 N–H and O–H groups in total. The highest BCUT2D eigenvalue weighted by molar-refractivity contribution is 7.92. The van der Waals surface area contributed by atoms with Gasteiger partial charge in [-0.25, -0.2) is 13.4 Å². The summed E-state index contributed by atoms with van der Waals surface area (Å²) in [5.41, 5.74) is 0.787. The summed E-state index contributed by atoms with van der Waals surface area (Å²) < 4.78 is 25.7. The number of aryl methyl sites for hydroxylation is 1. The van der Waals surface area contributed by atoms with Crippen molar-refractivity contribution in [2.75, 3.05) is 24.1 Å². The van der Waals surface area contributed by atoms with Crippen LogP contribution < -0.4 is 10.0 Å². The highest BCUT2D eigenvalue weighted by Gasteiger charge is 2.10. The van der Waals surface area contributed by atoms with E-state index >= 15 is 0 Å². The minimum atomic E-state index is -3.28. The smallest absolute Gasteiger partial charge is 0.233 e. The van der Waals surface area contributed by atoms with Gasteiger partial charge in [0.05, 0.1) is 5.75 Å². The second kappa shape index (κ2) is 5.81. The zero-order chi connectivity index (χ0) is 12.0. The minimum Gasteiger partial charge on any atom is -0.320 e. The van der Waals surface area contributed by atoms with E-state index in [0.29, 0.717) is 18.8 Å². The maximum absolute atomic E-state index is 11.6. The topological polar surface area (TPSA) is 71.1 Å². The molecule has 0 saturated heterocycles. The lowest BCUT2D eigenvalue weighted by molar-refractivity contribution is 0.596. The van der Waals surface area contributed by atoms with E-state index in [1.165, 1.54) is 0 Å². The van der Waals surface area contributed by atoms with Crippen LogP contribution in [0.4, 0.5) is 5.82 Å². The molecule has 0 atom stereocenters. The summed E-state index contributed by atoms with van der Waals surface area (Å²) in [5, 5.41) is 2.91. The number of anilines is 1. The van der Waals surface area contributed by atoms with Gasteiger partial charge >= 0.3 is 0 Å². The molecule has 0 bridgehead atoms. The first kappa shape index (κ1) is 12.9. The summed E-state index contributed by atoms with van der Waals surface area (Å²) in [6, 6.07) is 5.23. The molecule has 0 aliphatic carbocycles. The Balaban J connectivity index is 2.59. The third-order valence-corrected chi connectivity index (χ3v) is 3.33. The molecule has 1 rings (SSSR count). The molecule has 0 spiro atoms. The molecule has 1 aromatic rings. The van der Waals surface area contributed by atoms with Crippen LogP contribution in [0.3, 0.4) is 0 Å². The summed E-state index contributed by atoms with van der Waals surface area (Å²) >= 11 is 0. The van der Waals surface area contributed by atoms with Gasteiger partial charge in [0.1, 0.15) is 5.82 Å². The Morgan fingerprint density at radius 1 is 1.38 bits per heavy atom. The van der Waals surface area contributed by atoms with Crippen LogP contribution in [-0.4, -0.2) is 32.7 Å². The first-order valence-electron chi connectivity index (χ1n) is 5.12. The third-order valence-electron chi connectivity index (χ3n) is 1.99. The van der Waals surface area contributed by atoms with Crippen LogP contribution in [0.2, 0.25) is 0 Å². The van der Waals surface area contributed by atoms with Gasteiger partial charge in [-0.1, -0.05) is 6.07 Å². The number of hydrogen-bond acceptors (Lipinski definition) is 4. The fourth-order valence-corrected chi connectivity index (χ4v) is 2.31. The standard InChI is InChI=1S/C10H17N3O2S/c1-9-5-3-6-10(12-9)13-16(14,15)8-4-7-11-2/h3,5-6,11H,4,7-8H2,1-2H3,(H,12,13). The van der Waals surface area contributed by atoms with E-state index in [0.717, 1.165) is 5.69 Å². The highest BCUT2D eigenvalue weighted by Crippen LogP contribution is 2.06. The van der Waals surface area contributed by atoms with E-state index < -0.39 is 10.0 Å². The van der Waals surface area contributed by atoms with E-state index in [1.807, 2.05) is 13.0 Å². The molecule has 5 nitrogen and oxygen atoms in total. The van der Waals surface area contributed by atoms with Gasteiger partial charge in [0.15, 0.2) is 0 Å². The van der Waals surface area contributed by atoms with Gasteiger partial charge in [0.25, 0.3) is 0 Å². The van der Waals surface area contributed by atoms with Crippen molar-refractivity contribution in [3.05, 3.63) is 23.9 Å². The molecular formula is C10H17N3O2S. The van der Waals surface area contributed by atoms with E-state index in [1.54, 1.807) is 19.2 Å². The average Bonchev–Trinajstić information content (AvgIpc) is 2.17. The quantitative estimate of drug-likeness (QED) is 0.723. The highest BCUT2D eigenvalue weighted by atomic mass is 32.2. The molecule has 0 aromatic carbocycles. The molecule has 0 radical (unpaired) electrons. The molecule has 0 amide bonds. The first-order valence-corrected chi connectivity index (χ1v) is 6.77. The number of pyridine rings is 1. The van der Waals surface area contributed by atoms with Crippen molar-refractivity contribution in [1.29, 1.82) is 0 Å². The summed E-state index contributed by atoms with van der Waals surface area (Å²) in [7, 11) is -1.48. The van der Waals surface area contributed by atoms with Crippen LogP contribution in [0.1, 0.15) is 12.1 Å². The van der Waals surface area contributed by atoms with Crippen molar-refractivity contribution in [3.8, 4) is 0 Å². The number of sulfonamides is 1. The predicted molar refractivity (Wildman–Crippen MR) is 64.9 cm³/mol. The number of hydrogen-bond donors (Lipinski definition) is 2. The Labute approximate surface area is 96.3 Å². The fraction of sp³-hybridized carbons (Fsp3) is 0.500. The predicted octanol–water partition coefficient (Wildman–Crippen LogP) is 0.741. The van der Waals surface area contributed by atoms with Crippen LogP contribution in [-0.2, 0) is 10.0 Å². The van der Waals surface area contributed by atoms with Crippen molar-refractivity contribution in [3.63, 3.8) is 0 Å². The van der Waals surface area contributed by atoms with Crippen molar-refractivity contribution < 1.29 is 8.42 Å². The van der Waals surface area contributed by atoms with Crippen LogP contribution in [0.5, 0.6) is 0 Å². The average molecular weight is 243 g/mol. The molecule has 0 aliphatic heterocycles. The van der Waals surface area contributed by atoms with Gasteiger partial charge in [-0.05, 0) is 39.1 Å². The SMILES string of the molecule is CNCCCS(=O)(=O)Nc1cccc(C)n1. The Bertz CT molecular complexity index is 431. The van der Waals surface area contributed by atoms with Crippen LogP contribution in [0.25, 0.3) is 0 Å². The van der Waals surface area contributed by atoms with Gasteiger partial charge in [-0.15, -0.1) is 0 Å². The third kappa shape index (κ3) is 4.59. The molecular weight excluding hydrogens is 226 g/mol. The molecule has 6 heteroatoms. The van der Waals surface area contributed by atoms with Gasteiger partial charge in [-0.3, -0.25) is 4.72 Å². The Kier molecular flexibility index (Phi) is 4.70. The maximum atomic E-state index is 11.6. The summed E-state index contributed by atoms with van der Waals surface area (Å²) in [6.45, 7) is 2.50. The summed E-state index contributed by atoms with van der Waals surface area (Å²) in [6.07, 6.45) is 0.581. The van der Waals surface area contributed by atoms with Gasteiger partial charge in [0.2, 0.25) is 10.0 Å². The zero-order valence-corrected chi connectivity index (χ0v) is 10.3. The van der Waals surface area contributed by atoms with Gasteiger partial charge in [-0.2, -0.15) is 0 Å². The number of aromatic nitrogens is 1. The molecule has 1 heterocycles. The largest absolute Gasteiger partial charge is 0.320 e. The van der Waals surface area contributed by atoms with Gasteiger partial charge in [0, 0.05) is 5.69 Å². The van der Waals surface area contributed by atoms with Crippen molar-refractivity contribution >= 4 is 15.8 Å². The minimum absolute atomic E-state index is 0.101. The molecule has 0 aliphatic rings. The molecule has 0 unspecified atom stereocenters. The van der Waals surface area contributed by atoms with Crippen LogP contribution >= 0.6 is 0 Å². The van der Waals surface area contributed by atoms with Gasteiger partial charge < -0.3 is 5.32 Å². The molecule has 16 heavy (non-hydrogen) atoms. The van der Waals surface area contributed by atoms with E-state index in [4.69, 9.17) is 0 Å². The van der Waals surface area contributed by atoms with E-state index in [-0.39, 0.29) is 5.75 Å². The van der Waals surface area contributed by atoms with Crippen LogP contribution in [0.15, 0.2) is 18.2 Å². The first-order chi connectivity index (χ1) is 7.53. The molecule has 0 fully saturated rings. The van der Waals surface area contributed by atoms with Crippen molar-refractivity contribution in [2.24, 2.45) is 0 Å². The molecule has 1 aromatic heterocycles. The van der Waals surface area contributed by atoms with Crippen molar-refractivity contribution in [2.45, 2.75) is 13.3 Å². The van der Waals surface area contributed by atoms with Crippen molar-refractivity contribution in [1.82, 2.24) is 10.3 Å².